The number of rotatable bonds is 0. The van der Waals surface area contributed by atoms with Gasteiger partial charge in [-0.1, -0.05) is 13.0 Å². The Morgan fingerprint density at radius 3 is 2.76 bits per heavy atom. The highest BCUT2D eigenvalue weighted by Gasteiger charge is 2.69. The number of allylic oxidation sites excluding steroid dienone is 1. The van der Waals surface area contributed by atoms with E-state index in [0.29, 0.717) is 19.1 Å². The molecule has 4 fully saturated rings. The van der Waals surface area contributed by atoms with E-state index < -0.39 is 5.79 Å². The fraction of sp³-hybridized carbons (Fsp3) is 0.810. The van der Waals surface area contributed by atoms with Crippen molar-refractivity contribution in [2.45, 2.75) is 81.4 Å². The summed E-state index contributed by atoms with van der Waals surface area (Å²) in [6.45, 7) is 3.64. The van der Waals surface area contributed by atoms with Gasteiger partial charge in [-0.25, -0.2) is 0 Å². The highest BCUT2D eigenvalue weighted by Crippen LogP contribution is 2.67. The van der Waals surface area contributed by atoms with Gasteiger partial charge < -0.3 is 19.3 Å². The first-order valence-electron chi connectivity index (χ1n) is 10.1. The Morgan fingerprint density at radius 1 is 1.08 bits per heavy atom. The molecule has 0 aromatic carbocycles. The predicted molar refractivity (Wildman–Crippen MR) is 91.9 cm³/mol. The van der Waals surface area contributed by atoms with Crippen molar-refractivity contribution in [3.8, 4) is 0 Å². The Bertz CT molecular complexity index is 690. The second kappa shape index (κ2) is 4.59. The van der Waals surface area contributed by atoms with E-state index in [-0.39, 0.29) is 22.7 Å². The molecule has 5 atom stereocenters. The van der Waals surface area contributed by atoms with E-state index in [1.807, 2.05) is 0 Å². The summed E-state index contributed by atoms with van der Waals surface area (Å²) in [4.78, 5) is 0. The molecule has 136 valence electrons. The zero-order valence-electron chi connectivity index (χ0n) is 15.1. The smallest absolute Gasteiger partial charge is 0.194 e. The first-order chi connectivity index (χ1) is 12.0. The average molecular weight is 344 g/mol. The zero-order valence-corrected chi connectivity index (χ0v) is 15.1. The topological polar surface area (TPSA) is 47.9 Å². The van der Waals surface area contributed by atoms with Gasteiger partial charge >= 0.3 is 0 Å². The van der Waals surface area contributed by atoms with Crippen LogP contribution in [-0.2, 0) is 14.2 Å². The van der Waals surface area contributed by atoms with E-state index in [1.165, 1.54) is 11.1 Å². The molecule has 6 rings (SSSR count). The Hall–Kier alpha value is -0.680. The van der Waals surface area contributed by atoms with Crippen LogP contribution in [0.2, 0.25) is 0 Å². The molecule has 25 heavy (non-hydrogen) atoms. The van der Waals surface area contributed by atoms with Crippen molar-refractivity contribution >= 4 is 0 Å². The van der Waals surface area contributed by atoms with Crippen molar-refractivity contribution in [3.63, 3.8) is 0 Å². The summed E-state index contributed by atoms with van der Waals surface area (Å²) in [6.07, 6.45) is 12.7. The van der Waals surface area contributed by atoms with Gasteiger partial charge in [0.1, 0.15) is 0 Å². The number of hydrogen-bond donors (Lipinski definition) is 1. The summed E-state index contributed by atoms with van der Waals surface area (Å²) in [6, 6.07) is 0. The lowest BCUT2D eigenvalue weighted by Crippen LogP contribution is -2.57. The molecule has 6 aliphatic rings. The van der Waals surface area contributed by atoms with Gasteiger partial charge in [0.05, 0.1) is 30.5 Å². The largest absolute Gasteiger partial charge is 0.393 e. The van der Waals surface area contributed by atoms with E-state index in [0.717, 1.165) is 51.4 Å². The van der Waals surface area contributed by atoms with Crippen molar-refractivity contribution in [2.24, 2.45) is 11.3 Å². The summed E-state index contributed by atoms with van der Waals surface area (Å²) in [5.74, 6) is -0.110. The molecular formula is C21H28O4. The zero-order chi connectivity index (χ0) is 16.9. The third-order valence-corrected chi connectivity index (χ3v) is 8.42. The Labute approximate surface area is 149 Å². The van der Waals surface area contributed by atoms with Crippen LogP contribution in [0.5, 0.6) is 0 Å². The van der Waals surface area contributed by atoms with Crippen molar-refractivity contribution in [2.75, 3.05) is 13.2 Å². The van der Waals surface area contributed by atoms with Gasteiger partial charge in [0.15, 0.2) is 5.79 Å². The molecule has 0 aromatic rings. The Morgan fingerprint density at radius 2 is 1.92 bits per heavy atom. The van der Waals surface area contributed by atoms with Gasteiger partial charge in [0.2, 0.25) is 0 Å². The fourth-order valence-corrected chi connectivity index (χ4v) is 7.17. The van der Waals surface area contributed by atoms with Crippen LogP contribution < -0.4 is 0 Å². The normalized spacial score (nSPS) is 52.4. The number of ether oxygens (including phenoxy) is 3. The first-order valence-corrected chi connectivity index (χ1v) is 10.1. The molecule has 3 aliphatic heterocycles. The Kier molecular flexibility index (Phi) is 2.82. The highest BCUT2D eigenvalue weighted by atomic mass is 16.7. The molecule has 3 heterocycles. The van der Waals surface area contributed by atoms with Gasteiger partial charge in [-0.05, 0) is 56.6 Å². The molecule has 0 unspecified atom stereocenters. The maximum atomic E-state index is 10.7. The third kappa shape index (κ3) is 1.64. The van der Waals surface area contributed by atoms with Crippen molar-refractivity contribution in [3.05, 3.63) is 23.3 Å². The lowest BCUT2D eigenvalue weighted by molar-refractivity contribution is -0.201. The lowest BCUT2D eigenvalue weighted by Gasteiger charge is -2.55. The van der Waals surface area contributed by atoms with Gasteiger partial charge in [-0.3, -0.25) is 0 Å². The Balaban J connectivity index is 1.52. The quantitative estimate of drug-likeness (QED) is 0.733. The standard InChI is InChI=1S/C21H28O4/c1-18-8-5-14-13-16-19(6-2-7-21(16)23-11-12-24-21)9-10-20(14,25-19)15(18)3-4-17(18)22/h5,13,15,17,22H,2-4,6-12H2,1H3/t15-,17+,18+,19+,20-/m1/s1. The van der Waals surface area contributed by atoms with Crippen LogP contribution in [0.1, 0.15) is 58.3 Å². The monoisotopic (exact) mass is 344 g/mol. The van der Waals surface area contributed by atoms with E-state index in [1.54, 1.807) is 0 Å². The van der Waals surface area contributed by atoms with Crippen LogP contribution in [-0.4, -0.2) is 41.4 Å². The van der Waals surface area contributed by atoms with Crippen LogP contribution in [0.3, 0.4) is 0 Å². The molecule has 0 aromatic heterocycles. The minimum atomic E-state index is -0.536. The van der Waals surface area contributed by atoms with Gasteiger partial charge in [-0.15, -0.1) is 0 Å². The molecule has 0 radical (unpaired) electrons. The lowest BCUT2D eigenvalue weighted by atomic mass is 9.60. The van der Waals surface area contributed by atoms with Gasteiger partial charge in [0, 0.05) is 23.3 Å². The maximum Gasteiger partial charge on any atom is 0.194 e. The predicted octanol–water partition coefficient (Wildman–Crippen LogP) is 3.25. The molecule has 2 bridgehead atoms. The second-order valence-electron chi connectivity index (χ2n) is 9.36. The van der Waals surface area contributed by atoms with Crippen molar-refractivity contribution < 1.29 is 19.3 Å². The molecule has 3 aliphatic carbocycles. The first kappa shape index (κ1) is 15.4. The molecule has 2 saturated carbocycles. The van der Waals surface area contributed by atoms with Crippen LogP contribution >= 0.6 is 0 Å². The van der Waals surface area contributed by atoms with Crippen LogP contribution in [0.4, 0.5) is 0 Å². The second-order valence-corrected chi connectivity index (χ2v) is 9.36. The maximum absolute atomic E-state index is 10.7. The average Bonchev–Trinajstić information content (AvgIpc) is 3.26. The van der Waals surface area contributed by atoms with Crippen LogP contribution in [0.25, 0.3) is 0 Å². The molecule has 4 heteroatoms. The molecular weight excluding hydrogens is 316 g/mol. The summed E-state index contributed by atoms with van der Waals surface area (Å²) in [7, 11) is 0. The van der Waals surface area contributed by atoms with Gasteiger partial charge in [-0.2, -0.15) is 0 Å². The summed E-state index contributed by atoms with van der Waals surface area (Å²) >= 11 is 0. The minimum Gasteiger partial charge on any atom is -0.393 e. The molecule has 4 nitrogen and oxygen atoms in total. The fourth-order valence-electron chi connectivity index (χ4n) is 7.17. The number of fused-ring (bicyclic) bond motifs is 2. The molecule has 0 amide bonds. The van der Waals surface area contributed by atoms with Crippen molar-refractivity contribution in [1.29, 1.82) is 0 Å². The minimum absolute atomic E-state index is 0.0346. The van der Waals surface area contributed by atoms with E-state index in [9.17, 15) is 5.11 Å². The third-order valence-electron chi connectivity index (χ3n) is 8.42. The van der Waals surface area contributed by atoms with Crippen LogP contribution in [0.15, 0.2) is 23.3 Å². The van der Waals surface area contributed by atoms with E-state index >= 15 is 0 Å². The molecule has 2 saturated heterocycles. The molecule has 3 spiro atoms. The number of hydrogen-bond acceptors (Lipinski definition) is 4. The highest BCUT2D eigenvalue weighted by molar-refractivity contribution is 5.49. The number of aliphatic hydroxyl groups is 1. The summed E-state index contributed by atoms with van der Waals surface area (Å²) in [5, 5.41) is 10.7. The SMILES string of the molecule is C[C@]12CC=C3C=C4C5(CCC[C@]46CC[C@]3(O6)[C@@H]1CC[C@@H]2O)OCCO5. The summed E-state index contributed by atoms with van der Waals surface area (Å²) in [5.41, 5.74) is 2.17. The van der Waals surface area contributed by atoms with Crippen molar-refractivity contribution in [1.82, 2.24) is 0 Å². The number of aliphatic hydroxyl groups excluding tert-OH is 1. The van der Waals surface area contributed by atoms with Gasteiger partial charge in [0.25, 0.3) is 0 Å². The van der Waals surface area contributed by atoms with E-state index in [2.05, 4.69) is 19.1 Å². The summed E-state index contributed by atoms with van der Waals surface area (Å²) < 4.78 is 19.4. The van der Waals surface area contributed by atoms with Crippen LogP contribution in [0, 0.1) is 11.3 Å². The molecule has 1 N–H and O–H groups in total. The van der Waals surface area contributed by atoms with E-state index in [4.69, 9.17) is 14.2 Å².